The van der Waals surface area contributed by atoms with Gasteiger partial charge in [0.2, 0.25) is 0 Å². The van der Waals surface area contributed by atoms with Gasteiger partial charge in [-0.2, -0.15) is 5.10 Å². The SMILES string of the molecule is COCCOCCC(O)Cc1ccn(C)n1. The van der Waals surface area contributed by atoms with E-state index in [1.807, 2.05) is 19.3 Å². The second kappa shape index (κ2) is 7.38. The molecule has 0 bridgehead atoms. The van der Waals surface area contributed by atoms with Crippen LogP contribution >= 0.6 is 0 Å². The molecule has 92 valence electrons. The zero-order valence-corrected chi connectivity index (χ0v) is 9.93. The molecule has 16 heavy (non-hydrogen) atoms. The second-order valence-electron chi connectivity index (χ2n) is 3.73. The van der Waals surface area contributed by atoms with E-state index in [4.69, 9.17) is 9.47 Å². The molecule has 0 spiro atoms. The van der Waals surface area contributed by atoms with Gasteiger partial charge < -0.3 is 14.6 Å². The van der Waals surface area contributed by atoms with Crippen LogP contribution in [0.3, 0.4) is 0 Å². The Morgan fingerprint density at radius 3 is 2.88 bits per heavy atom. The first-order valence-electron chi connectivity index (χ1n) is 5.45. The minimum atomic E-state index is -0.391. The number of ether oxygens (including phenoxy) is 2. The number of nitrogens with zero attached hydrogens (tertiary/aromatic N) is 2. The van der Waals surface area contributed by atoms with Crippen LogP contribution < -0.4 is 0 Å². The Morgan fingerprint density at radius 1 is 1.44 bits per heavy atom. The average Bonchev–Trinajstić information content (AvgIpc) is 2.63. The second-order valence-corrected chi connectivity index (χ2v) is 3.73. The van der Waals surface area contributed by atoms with E-state index >= 15 is 0 Å². The molecule has 0 aliphatic rings. The van der Waals surface area contributed by atoms with Gasteiger partial charge in [-0.1, -0.05) is 0 Å². The van der Waals surface area contributed by atoms with Gasteiger partial charge in [0.25, 0.3) is 0 Å². The van der Waals surface area contributed by atoms with Crippen molar-refractivity contribution < 1.29 is 14.6 Å². The van der Waals surface area contributed by atoms with E-state index in [1.54, 1.807) is 11.8 Å². The zero-order valence-electron chi connectivity index (χ0n) is 9.93. The molecule has 1 N–H and O–H groups in total. The lowest BCUT2D eigenvalue weighted by Crippen LogP contribution is -2.15. The Morgan fingerprint density at radius 2 is 2.25 bits per heavy atom. The molecule has 1 atom stereocenters. The van der Waals surface area contributed by atoms with Crippen molar-refractivity contribution in [3.63, 3.8) is 0 Å². The highest BCUT2D eigenvalue weighted by Gasteiger charge is 2.07. The van der Waals surface area contributed by atoms with Crippen LogP contribution in [0.1, 0.15) is 12.1 Å². The third kappa shape index (κ3) is 5.25. The van der Waals surface area contributed by atoms with Crippen LogP contribution in [0.15, 0.2) is 12.3 Å². The average molecular weight is 228 g/mol. The predicted molar refractivity (Wildman–Crippen MR) is 60.2 cm³/mol. The van der Waals surface area contributed by atoms with Gasteiger partial charge in [-0.25, -0.2) is 0 Å². The number of aliphatic hydroxyl groups excluding tert-OH is 1. The predicted octanol–water partition coefficient (Wildman–Crippen LogP) is 0.377. The van der Waals surface area contributed by atoms with Crippen molar-refractivity contribution in [1.82, 2.24) is 9.78 Å². The largest absolute Gasteiger partial charge is 0.393 e. The smallest absolute Gasteiger partial charge is 0.0700 e. The van der Waals surface area contributed by atoms with Crippen LogP contribution in [0, 0.1) is 0 Å². The van der Waals surface area contributed by atoms with Crippen molar-refractivity contribution in [3.8, 4) is 0 Å². The summed E-state index contributed by atoms with van der Waals surface area (Å²) in [4.78, 5) is 0. The summed E-state index contributed by atoms with van der Waals surface area (Å²) in [5.74, 6) is 0. The summed E-state index contributed by atoms with van der Waals surface area (Å²) < 4.78 is 11.9. The van der Waals surface area contributed by atoms with Gasteiger partial charge >= 0.3 is 0 Å². The molecule has 0 aromatic carbocycles. The molecule has 0 saturated heterocycles. The van der Waals surface area contributed by atoms with Crippen LogP contribution in [0.25, 0.3) is 0 Å². The van der Waals surface area contributed by atoms with Crippen molar-refractivity contribution in [3.05, 3.63) is 18.0 Å². The maximum atomic E-state index is 9.71. The highest BCUT2D eigenvalue weighted by Crippen LogP contribution is 2.03. The van der Waals surface area contributed by atoms with Crippen molar-refractivity contribution in [2.24, 2.45) is 7.05 Å². The third-order valence-corrected chi connectivity index (χ3v) is 2.24. The Hall–Kier alpha value is -0.910. The molecular formula is C11H20N2O3. The number of aliphatic hydroxyl groups is 1. The molecule has 1 aromatic heterocycles. The normalized spacial score (nSPS) is 12.9. The molecular weight excluding hydrogens is 208 g/mol. The fourth-order valence-electron chi connectivity index (χ4n) is 1.38. The molecule has 1 aromatic rings. The highest BCUT2D eigenvalue weighted by atomic mass is 16.5. The summed E-state index contributed by atoms with van der Waals surface area (Å²) >= 11 is 0. The first kappa shape index (κ1) is 13.2. The van der Waals surface area contributed by atoms with Gasteiger partial charge in [-0.15, -0.1) is 0 Å². The summed E-state index contributed by atoms with van der Waals surface area (Å²) in [5.41, 5.74) is 0.909. The van der Waals surface area contributed by atoms with Gasteiger partial charge in [0.15, 0.2) is 0 Å². The molecule has 5 heteroatoms. The quantitative estimate of drug-likeness (QED) is 0.653. The van der Waals surface area contributed by atoms with E-state index < -0.39 is 6.10 Å². The lowest BCUT2D eigenvalue weighted by Gasteiger charge is -2.09. The standard InChI is InChI=1S/C11H20N2O3/c1-13-5-3-10(12-13)9-11(14)4-6-16-8-7-15-2/h3,5,11,14H,4,6-9H2,1-2H3. The minimum Gasteiger partial charge on any atom is -0.393 e. The van der Waals surface area contributed by atoms with Crippen molar-refractivity contribution in [2.75, 3.05) is 26.9 Å². The number of hydrogen-bond donors (Lipinski definition) is 1. The Bertz CT molecular complexity index is 289. The molecule has 1 unspecified atom stereocenters. The third-order valence-electron chi connectivity index (χ3n) is 2.24. The summed E-state index contributed by atoms with van der Waals surface area (Å²) in [6.07, 6.45) is 2.68. The molecule has 0 aliphatic carbocycles. The number of rotatable bonds is 8. The molecule has 0 aliphatic heterocycles. The highest BCUT2D eigenvalue weighted by molar-refractivity contribution is 5.00. The van der Waals surface area contributed by atoms with Crippen LogP contribution in [-0.4, -0.2) is 47.9 Å². The molecule has 1 rings (SSSR count). The van der Waals surface area contributed by atoms with E-state index in [0.717, 1.165) is 5.69 Å². The molecule has 1 heterocycles. The van der Waals surface area contributed by atoms with Gasteiger partial charge in [0.05, 0.1) is 25.0 Å². The van der Waals surface area contributed by atoms with Crippen molar-refractivity contribution in [1.29, 1.82) is 0 Å². The van der Waals surface area contributed by atoms with Crippen molar-refractivity contribution >= 4 is 0 Å². The summed E-state index contributed by atoms with van der Waals surface area (Å²) in [7, 11) is 3.50. The monoisotopic (exact) mass is 228 g/mol. The van der Waals surface area contributed by atoms with E-state index in [0.29, 0.717) is 32.7 Å². The molecule has 0 amide bonds. The number of hydrogen-bond acceptors (Lipinski definition) is 4. The first-order valence-corrected chi connectivity index (χ1v) is 5.45. The van der Waals surface area contributed by atoms with Crippen LogP contribution in [0.4, 0.5) is 0 Å². The molecule has 0 radical (unpaired) electrons. The molecule has 5 nitrogen and oxygen atoms in total. The van der Waals surface area contributed by atoms with Crippen LogP contribution in [0.2, 0.25) is 0 Å². The van der Waals surface area contributed by atoms with Crippen molar-refractivity contribution in [2.45, 2.75) is 18.9 Å². The fraction of sp³-hybridized carbons (Fsp3) is 0.727. The minimum absolute atomic E-state index is 0.391. The lowest BCUT2D eigenvalue weighted by molar-refractivity contribution is 0.0477. The van der Waals surface area contributed by atoms with E-state index in [2.05, 4.69) is 5.10 Å². The number of aryl methyl sites for hydroxylation is 1. The number of aromatic nitrogens is 2. The maximum Gasteiger partial charge on any atom is 0.0700 e. The Kier molecular flexibility index (Phi) is 6.07. The Labute approximate surface area is 96.0 Å². The number of methoxy groups -OCH3 is 1. The molecule has 0 saturated carbocycles. The van der Waals surface area contributed by atoms with E-state index in [-0.39, 0.29) is 0 Å². The molecule has 0 fully saturated rings. The topological polar surface area (TPSA) is 56.5 Å². The van der Waals surface area contributed by atoms with Gasteiger partial charge in [0, 0.05) is 33.4 Å². The summed E-state index contributed by atoms with van der Waals surface area (Å²) in [6.45, 7) is 1.72. The Balaban J connectivity index is 2.09. The van der Waals surface area contributed by atoms with E-state index in [1.165, 1.54) is 0 Å². The van der Waals surface area contributed by atoms with Crippen LogP contribution in [0.5, 0.6) is 0 Å². The van der Waals surface area contributed by atoms with Gasteiger partial charge in [-0.05, 0) is 12.5 Å². The summed E-state index contributed by atoms with van der Waals surface area (Å²) in [5, 5.41) is 13.9. The van der Waals surface area contributed by atoms with Gasteiger partial charge in [0.1, 0.15) is 0 Å². The maximum absolute atomic E-state index is 9.71. The first-order chi connectivity index (χ1) is 7.72. The zero-order chi connectivity index (χ0) is 11.8. The van der Waals surface area contributed by atoms with E-state index in [9.17, 15) is 5.11 Å². The lowest BCUT2D eigenvalue weighted by atomic mass is 10.1. The van der Waals surface area contributed by atoms with Crippen LogP contribution in [-0.2, 0) is 22.9 Å². The van der Waals surface area contributed by atoms with Gasteiger partial charge in [-0.3, -0.25) is 4.68 Å². The fourth-order valence-corrected chi connectivity index (χ4v) is 1.38. The summed E-state index contributed by atoms with van der Waals surface area (Å²) in [6, 6.07) is 1.91.